The normalized spacial score (nSPS) is 17.5. The van der Waals surface area contributed by atoms with Crippen molar-refractivity contribution >= 4 is 23.3 Å². The van der Waals surface area contributed by atoms with Crippen LogP contribution < -0.4 is 26.8 Å². The molecule has 4 rings (SSSR count). The van der Waals surface area contributed by atoms with Crippen molar-refractivity contribution in [2.45, 2.75) is 38.1 Å². The van der Waals surface area contributed by atoms with Crippen molar-refractivity contribution in [3.8, 4) is 18.0 Å². The van der Waals surface area contributed by atoms with E-state index in [1.54, 1.807) is 0 Å². The third-order valence-electron chi connectivity index (χ3n) is 6.15. The van der Waals surface area contributed by atoms with Crippen LogP contribution in [-0.4, -0.2) is 42.1 Å². The number of para-hydroxylation sites is 1. The minimum absolute atomic E-state index is 0.0152. The average molecular weight is 460 g/mol. The van der Waals surface area contributed by atoms with Gasteiger partial charge in [0.2, 0.25) is 5.96 Å². The molecule has 1 atom stereocenters. The van der Waals surface area contributed by atoms with Crippen molar-refractivity contribution in [2.75, 3.05) is 43.0 Å². The van der Waals surface area contributed by atoms with E-state index in [4.69, 9.17) is 21.5 Å². The molecule has 2 aliphatic rings. The quantitative estimate of drug-likeness (QED) is 0.277. The van der Waals surface area contributed by atoms with Crippen LogP contribution in [0.25, 0.3) is 0 Å². The van der Waals surface area contributed by atoms with Gasteiger partial charge in [0.05, 0.1) is 12.3 Å². The first-order valence-corrected chi connectivity index (χ1v) is 11.5. The van der Waals surface area contributed by atoms with Crippen LogP contribution in [0.15, 0.2) is 29.3 Å². The van der Waals surface area contributed by atoms with Gasteiger partial charge in [-0.3, -0.25) is 5.32 Å². The Bertz CT molecular complexity index is 1140. The summed E-state index contributed by atoms with van der Waals surface area (Å²) in [5.41, 5.74) is 13.9. The summed E-state index contributed by atoms with van der Waals surface area (Å²) in [5.74, 6) is 1.25. The number of likely N-dealkylation sites (tertiary alicyclic amines) is 1. The number of pyridine rings is 1. The molecule has 0 spiro atoms. The highest BCUT2D eigenvalue weighted by atomic mass is 16.5. The molecule has 10 nitrogen and oxygen atoms in total. The second-order valence-electron chi connectivity index (χ2n) is 8.40. The molecule has 0 bridgehead atoms. The van der Waals surface area contributed by atoms with Gasteiger partial charge in [-0.05, 0) is 51.4 Å². The number of nitrogen functional groups attached to an aromatic ring is 2. The molecule has 1 unspecified atom stereocenters. The number of fused-ring (bicyclic) bond motifs is 1. The Morgan fingerprint density at radius 2 is 1.94 bits per heavy atom. The van der Waals surface area contributed by atoms with Crippen LogP contribution in [0.2, 0.25) is 0 Å². The molecule has 0 radical (unpaired) electrons. The molecule has 2 aliphatic heterocycles. The maximum absolute atomic E-state index is 9.52. The fraction of sp³-hybridized carbons (Fsp3) is 0.417. The van der Waals surface area contributed by atoms with Crippen LogP contribution in [0.5, 0.6) is 5.75 Å². The minimum Gasteiger partial charge on any atom is -0.493 e. The average Bonchev–Trinajstić information content (AvgIpc) is 2.84. The van der Waals surface area contributed by atoms with Crippen LogP contribution in [0.1, 0.15) is 54.8 Å². The Morgan fingerprint density at radius 3 is 2.71 bits per heavy atom. The van der Waals surface area contributed by atoms with Crippen molar-refractivity contribution < 1.29 is 4.74 Å². The molecule has 10 heteroatoms. The summed E-state index contributed by atoms with van der Waals surface area (Å²) >= 11 is 0. The van der Waals surface area contributed by atoms with E-state index in [1.165, 1.54) is 32.4 Å². The lowest BCUT2D eigenvalue weighted by atomic mass is 9.94. The van der Waals surface area contributed by atoms with E-state index in [0.29, 0.717) is 23.7 Å². The number of aromatic nitrogens is 1. The second kappa shape index (κ2) is 10.7. The lowest BCUT2D eigenvalue weighted by Crippen LogP contribution is -2.33. The van der Waals surface area contributed by atoms with E-state index in [9.17, 15) is 5.26 Å². The van der Waals surface area contributed by atoms with Gasteiger partial charge in [0.15, 0.2) is 6.19 Å². The van der Waals surface area contributed by atoms with Crippen molar-refractivity contribution in [1.82, 2.24) is 15.2 Å². The first kappa shape index (κ1) is 23.1. The number of aliphatic imine (C=N–C) groups is 1. The van der Waals surface area contributed by atoms with E-state index in [0.717, 1.165) is 24.9 Å². The van der Waals surface area contributed by atoms with Gasteiger partial charge in [0, 0.05) is 11.1 Å². The van der Waals surface area contributed by atoms with Gasteiger partial charge in [-0.1, -0.05) is 24.6 Å². The van der Waals surface area contributed by atoms with Crippen LogP contribution in [0.3, 0.4) is 0 Å². The van der Waals surface area contributed by atoms with Crippen LogP contribution >= 0.6 is 0 Å². The first-order chi connectivity index (χ1) is 16.6. The van der Waals surface area contributed by atoms with Gasteiger partial charge in [-0.2, -0.15) is 10.5 Å². The number of nitrogens with one attached hydrogen (secondary N) is 2. The highest BCUT2D eigenvalue weighted by Gasteiger charge is 2.31. The standard InChI is InChI=1S/C24H29N9O/c25-14-17-20(27)19-21(30-24(29-15-26)32-23(19)31-22(17)28)16-8-2-3-9-18(16)34-13-7-6-12-33-10-4-1-5-11-33/h2-3,8-9,21H,1,4-7,10-13H2,(H6,27,28,29,30,31,32). The number of nitrogens with zero attached hydrogens (tertiary/aromatic N) is 5. The lowest BCUT2D eigenvalue weighted by Gasteiger charge is -2.27. The van der Waals surface area contributed by atoms with Gasteiger partial charge in [0.1, 0.15) is 35.1 Å². The predicted molar refractivity (Wildman–Crippen MR) is 131 cm³/mol. The Labute approximate surface area is 199 Å². The largest absolute Gasteiger partial charge is 0.493 e. The molecule has 1 saturated heterocycles. The smallest absolute Gasteiger partial charge is 0.211 e. The summed E-state index contributed by atoms with van der Waals surface area (Å²) in [6.07, 6.45) is 7.81. The molecule has 0 aliphatic carbocycles. The molecule has 0 amide bonds. The lowest BCUT2D eigenvalue weighted by molar-refractivity contribution is 0.215. The number of unbranched alkanes of at least 4 members (excludes halogenated alkanes) is 1. The van der Waals surface area contributed by atoms with Gasteiger partial charge in [-0.25, -0.2) is 9.98 Å². The summed E-state index contributed by atoms with van der Waals surface area (Å²) in [7, 11) is 0. The van der Waals surface area contributed by atoms with Gasteiger partial charge >= 0.3 is 0 Å². The third kappa shape index (κ3) is 4.98. The molecule has 1 aromatic heterocycles. The van der Waals surface area contributed by atoms with E-state index >= 15 is 0 Å². The number of anilines is 3. The van der Waals surface area contributed by atoms with Gasteiger partial charge in [-0.15, -0.1) is 0 Å². The van der Waals surface area contributed by atoms with Gasteiger partial charge in [0.25, 0.3) is 0 Å². The maximum atomic E-state index is 9.52. The number of piperidine rings is 1. The molecule has 1 aromatic carbocycles. The number of ether oxygens (including phenoxy) is 1. The number of guanidine groups is 1. The highest BCUT2D eigenvalue weighted by molar-refractivity contribution is 5.98. The highest BCUT2D eigenvalue weighted by Crippen LogP contribution is 2.43. The Balaban J connectivity index is 1.55. The zero-order chi connectivity index (χ0) is 23.9. The molecule has 0 saturated carbocycles. The van der Waals surface area contributed by atoms with Gasteiger partial charge < -0.3 is 26.4 Å². The molecule has 3 heterocycles. The number of hydrogen-bond acceptors (Lipinski definition) is 10. The SMILES string of the molecule is N#CNC1=NC(c2ccccc2OCCCCN2CCCCC2)c2c(nc(N)c(C#N)c2N)N1. The molecule has 6 N–H and O–H groups in total. The number of rotatable bonds is 7. The Hall–Kier alpha value is -4.02. The van der Waals surface area contributed by atoms with Crippen molar-refractivity contribution in [3.05, 3.63) is 41.0 Å². The zero-order valence-electron chi connectivity index (χ0n) is 19.0. The van der Waals surface area contributed by atoms with E-state index in [-0.39, 0.29) is 23.0 Å². The molecule has 34 heavy (non-hydrogen) atoms. The maximum Gasteiger partial charge on any atom is 0.211 e. The van der Waals surface area contributed by atoms with Crippen LogP contribution in [0.4, 0.5) is 17.3 Å². The van der Waals surface area contributed by atoms with E-state index in [1.807, 2.05) is 36.5 Å². The fourth-order valence-electron chi connectivity index (χ4n) is 4.45. The molecular weight excluding hydrogens is 430 g/mol. The molecule has 176 valence electrons. The second-order valence-corrected chi connectivity index (χ2v) is 8.40. The number of nitrogens with two attached hydrogens (primary N) is 2. The summed E-state index contributed by atoms with van der Waals surface area (Å²) in [6, 6.07) is 8.97. The number of hydrogen-bond donors (Lipinski definition) is 4. The van der Waals surface area contributed by atoms with E-state index < -0.39 is 6.04 Å². The Morgan fingerprint density at radius 1 is 1.15 bits per heavy atom. The number of nitriles is 2. The summed E-state index contributed by atoms with van der Waals surface area (Å²) in [5, 5.41) is 24.1. The summed E-state index contributed by atoms with van der Waals surface area (Å²) in [6.45, 7) is 4.07. The first-order valence-electron chi connectivity index (χ1n) is 11.5. The minimum atomic E-state index is -0.628. The molecule has 1 fully saturated rings. The summed E-state index contributed by atoms with van der Waals surface area (Å²) < 4.78 is 6.17. The third-order valence-corrected chi connectivity index (χ3v) is 6.15. The van der Waals surface area contributed by atoms with Crippen molar-refractivity contribution in [2.24, 2.45) is 4.99 Å². The predicted octanol–water partition coefficient (Wildman–Crippen LogP) is 2.70. The van der Waals surface area contributed by atoms with Crippen LogP contribution in [-0.2, 0) is 0 Å². The Kier molecular flexibility index (Phi) is 7.31. The topological polar surface area (TPSA) is 161 Å². The van der Waals surface area contributed by atoms with Crippen LogP contribution in [0, 0.1) is 22.8 Å². The van der Waals surface area contributed by atoms with E-state index in [2.05, 4.69) is 25.5 Å². The van der Waals surface area contributed by atoms with Crippen molar-refractivity contribution in [1.29, 1.82) is 10.5 Å². The fourth-order valence-corrected chi connectivity index (χ4v) is 4.45. The van der Waals surface area contributed by atoms with Crippen molar-refractivity contribution in [3.63, 3.8) is 0 Å². The molecule has 2 aromatic rings. The zero-order valence-corrected chi connectivity index (χ0v) is 19.0. The monoisotopic (exact) mass is 459 g/mol. The molecular formula is C24H29N9O. The summed E-state index contributed by atoms with van der Waals surface area (Å²) in [4.78, 5) is 11.5. The number of benzene rings is 1.